The van der Waals surface area contributed by atoms with Gasteiger partial charge in [0.2, 0.25) is 17.7 Å². The average molecular weight is 1220 g/mol. The number of methoxy groups -OCH3 is 1. The number of rotatable bonds is 20. The van der Waals surface area contributed by atoms with E-state index < -0.39 is 41.4 Å². The second kappa shape index (κ2) is 27.8. The molecule has 10 rings (SSSR count). The maximum absolute atomic E-state index is 14.2. The van der Waals surface area contributed by atoms with Gasteiger partial charge in [-0.15, -0.1) is 22.7 Å². The first-order valence-electron chi connectivity index (χ1n) is 29.2. The lowest BCUT2D eigenvalue weighted by atomic mass is 9.85. The predicted octanol–water partition coefficient (Wildman–Crippen LogP) is 9.25. The Hall–Kier alpha value is -7.58. The molecule has 6 heterocycles. The number of carbonyl (C=O) groups is 5. The Morgan fingerprint density at radius 2 is 1.69 bits per heavy atom. The summed E-state index contributed by atoms with van der Waals surface area (Å²) in [5, 5.41) is 20.9. The van der Waals surface area contributed by atoms with E-state index in [0.717, 1.165) is 91.6 Å². The summed E-state index contributed by atoms with van der Waals surface area (Å²) in [6.45, 7) is 13.5. The van der Waals surface area contributed by atoms with Gasteiger partial charge in [0, 0.05) is 42.1 Å². The molecule has 3 aliphatic rings. The van der Waals surface area contributed by atoms with Crippen LogP contribution in [0.25, 0.3) is 20.7 Å². The van der Waals surface area contributed by atoms with E-state index in [2.05, 4.69) is 53.6 Å². The largest absolute Gasteiger partial charge is 0.494 e. The fourth-order valence-electron chi connectivity index (χ4n) is 11.1. The molecule has 86 heavy (non-hydrogen) atoms. The number of ether oxygens (including phenoxy) is 3. The summed E-state index contributed by atoms with van der Waals surface area (Å²) in [5.74, 6) is 5.68. The first kappa shape index (κ1) is 61.5. The van der Waals surface area contributed by atoms with Gasteiger partial charge in [0.15, 0.2) is 16.0 Å². The van der Waals surface area contributed by atoms with Gasteiger partial charge in [-0.3, -0.25) is 29.4 Å². The van der Waals surface area contributed by atoms with Gasteiger partial charge < -0.3 is 39.8 Å². The van der Waals surface area contributed by atoms with E-state index >= 15 is 0 Å². The van der Waals surface area contributed by atoms with E-state index in [0.29, 0.717) is 67.2 Å². The van der Waals surface area contributed by atoms with Gasteiger partial charge in [-0.25, -0.2) is 19.7 Å². The number of hydrogen-bond acceptors (Lipinski definition) is 17. The smallest absolute Gasteiger partial charge is 0.357 e. The first-order chi connectivity index (χ1) is 41.5. The number of β-amino-alcohol motifs (C(OH)–C–C–N with tert-alkyl or cyclic N) is 1. The molecule has 0 unspecified atom stereocenters. The van der Waals surface area contributed by atoms with Crippen molar-refractivity contribution < 1.29 is 43.3 Å². The van der Waals surface area contributed by atoms with Crippen LogP contribution in [-0.4, -0.2) is 137 Å². The topological polar surface area (TPSA) is 218 Å². The fraction of sp³-hybridized carbons (Fsp3) is 0.415. The molecule has 0 bridgehead atoms. The van der Waals surface area contributed by atoms with E-state index in [1.165, 1.54) is 34.7 Å². The molecule has 0 saturated carbocycles. The second-order valence-electron chi connectivity index (χ2n) is 23.2. The molecular formula is C65H73N9O9S3. The van der Waals surface area contributed by atoms with Gasteiger partial charge in [-0.1, -0.05) is 92.5 Å². The number of hydrogen-bond donors (Lipinski definition) is 4. The van der Waals surface area contributed by atoms with Crippen molar-refractivity contribution in [1.29, 1.82) is 0 Å². The zero-order chi connectivity index (χ0) is 60.5. The third kappa shape index (κ3) is 15.1. The minimum absolute atomic E-state index is 0.0119. The maximum Gasteiger partial charge on any atom is 0.357 e. The van der Waals surface area contributed by atoms with E-state index in [1.54, 1.807) is 11.3 Å². The Morgan fingerprint density at radius 3 is 2.42 bits per heavy atom. The van der Waals surface area contributed by atoms with Crippen molar-refractivity contribution in [2.45, 2.75) is 104 Å². The number of benzene rings is 4. The molecule has 0 radical (unpaired) electrons. The number of aliphatic hydroxyl groups is 1. The number of nitrogens with zero attached hydrogens (tertiary/aromatic N) is 6. The summed E-state index contributed by atoms with van der Waals surface area (Å²) < 4.78 is 18.2. The Bertz CT molecular complexity index is 3580. The Labute approximate surface area is 513 Å². The average Bonchev–Trinajstić information content (AvgIpc) is 2.74. The highest BCUT2D eigenvalue weighted by molar-refractivity contribution is 7.22. The number of fused-ring (bicyclic) bond motifs is 2. The van der Waals surface area contributed by atoms with Crippen molar-refractivity contribution in [3.05, 3.63) is 141 Å². The SMILES string of the molecule is COC(=O)c1nc(N2CCc3cccc(C(=O)Nc4nc5ccccc5s4)c3C2)sc1CCCOc1ccc(C#CCN2CCC(COCC(=O)N[C@H](C(=O)N3C[C@H](O)C[C@H]3C(=O)N[C@@H](C)c3ccc(-c4scnc4C)cc3)C(C)(C)C)CC2)cc1. The zero-order valence-corrected chi connectivity index (χ0v) is 51.8. The maximum atomic E-state index is 14.2. The van der Waals surface area contributed by atoms with Crippen molar-refractivity contribution in [2.75, 3.05) is 69.9 Å². The van der Waals surface area contributed by atoms with Crippen LogP contribution in [0.1, 0.15) is 113 Å². The quantitative estimate of drug-likeness (QED) is 0.0318. The predicted molar refractivity (Wildman–Crippen MR) is 336 cm³/mol. The molecule has 7 aromatic rings. The number of likely N-dealkylation sites (tertiary alicyclic amines) is 2. The number of aryl methyl sites for hydroxylation is 2. The number of thiazole rings is 3. The van der Waals surface area contributed by atoms with Crippen LogP contribution in [0.2, 0.25) is 0 Å². The highest BCUT2D eigenvalue weighted by atomic mass is 32.1. The number of piperidine rings is 1. The molecule has 18 nitrogen and oxygen atoms in total. The number of para-hydroxylation sites is 1. The minimum atomic E-state index is -0.953. The number of carbonyl (C=O) groups excluding carboxylic acids is 5. The van der Waals surface area contributed by atoms with Crippen molar-refractivity contribution in [3.8, 4) is 28.0 Å². The monoisotopic (exact) mass is 1220 g/mol. The third-order valence-corrected chi connectivity index (χ3v) is 19.0. The molecule has 450 valence electrons. The van der Waals surface area contributed by atoms with Crippen molar-refractivity contribution in [2.24, 2.45) is 11.3 Å². The molecule has 3 aromatic heterocycles. The molecule has 2 saturated heterocycles. The highest BCUT2D eigenvalue weighted by Crippen LogP contribution is 2.35. The first-order valence-corrected chi connectivity index (χ1v) is 31.7. The molecule has 2 fully saturated rings. The van der Waals surface area contributed by atoms with Gasteiger partial charge in [-0.05, 0) is 135 Å². The van der Waals surface area contributed by atoms with Gasteiger partial charge in [0.05, 0.1) is 65.3 Å². The molecule has 3 aliphatic heterocycles. The summed E-state index contributed by atoms with van der Waals surface area (Å²) in [7, 11) is 1.36. The summed E-state index contributed by atoms with van der Waals surface area (Å²) in [6.07, 6.45) is 2.95. The van der Waals surface area contributed by atoms with Gasteiger partial charge >= 0.3 is 5.97 Å². The molecular weight excluding hydrogens is 1150 g/mol. The van der Waals surface area contributed by atoms with Crippen LogP contribution < -0.4 is 25.6 Å². The minimum Gasteiger partial charge on any atom is -0.494 e. The van der Waals surface area contributed by atoms with Crippen LogP contribution >= 0.6 is 34.0 Å². The standard InChI is InChI=1S/C65H73N9O9S3/c1-40(44-20-22-46(23-21-44)57-41(2)66-39-84-57)67-60(78)52-34-47(75)35-74(52)61(79)58(65(3,4)5)69-55(76)38-82-37-43-26-30-72(31-27-43)29-10-12-42-18-24-48(25-19-42)83-33-11-17-54-56(62(80)81-6)70-64(86-54)73-32-28-45-13-9-14-49(50(45)36-73)59(77)71-63-68-51-15-7-8-16-53(51)85-63/h7-9,13-16,18-25,39-40,43,47,52,58,75H,11,17,26-38H2,1-6H3,(H,67,78)(H,69,76)(H,68,71,77)/t40-,47+,52-,58+/m0/s1. The number of amides is 4. The van der Waals surface area contributed by atoms with Gasteiger partial charge in [0.1, 0.15) is 24.4 Å². The Balaban J connectivity index is 0.630. The number of anilines is 2. The van der Waals surface area contributed by atoms with E-state index in [-0.39, 0.29) is 43.3 Å². The van der Waals surface area contributed by atoms with Crippen LogP contribution in [0.15, 0.2) is 96.5 Å². The van der Waals surface area contributed by atoms with Crippen molar-refractivity contribution in [3.63, 3.8) is 0 Å². The summed E-state index contributed by atoms with van der Waals surface area (Å²) in [5.41, 5.74) is 8.69. The molecule has 0 aliphatic carbocycles. The number of aromatic nitrogens is 3. The lowest BCUT2D eigenvalue weighted by molar-refractivity contribution is -0.144. The number of aliphatic hydroxyl groups excluding tert-OH is 1. The molecule has 4 amide bonds. The number of nitrogens with one attached hydrogen (secondary N) is 3. The van der Waals surface area contributed by atoms with Gasteiger partial charge in [0.25, 0.3) is 5.91 Å². The molecule has 4 atom stereocenters. The normalized spacial score (nSPS) is 17.1. The lowest BCUT2D eigenvalue weighted by Crippen LogP contribution is -2.58. The van der Waals surface area contributed by atoms with Crippen LogP contribution in [0.3, 0.4) is 0 Å². The van der Waals surface area contributed by atoms with Crippen LogP contribution in [0, 0.1) is 30.1 Å². The van der Waals surface area contributed by atoms with Crippen LogP contribution in [0.4, 0.5) is 10.3 Å². The fourth-order valence-corrected chi connectivity index (χ4v) is 13.9. The van der Waals surface area contributed by atoms with Crippen LogP contribution in [-0.2, 0) is 43.2 Å². The molecule has 4 N–H and O–H groups in total. The second-order valence-corrected chi connectivity index (χ2v) is 26.2. The Morgan fingerprint density at radius 1 is 0.907 bits per heavy atom. The summed E-state index contributed by atoms with van der Waals surface area (Å²) >= 11 is 4.49. The molecule has 21 heteroatoms. The Kier molecular flexibility index (Phi) is 19.9. The zero-order valence-electron chi connectivity index (χ0n) is 49.4. The molecule has 4 aromatic carbocycles. The summed E-state index contributed by atoms with van der Waals surface area (Å²) in [4.78, 5) is 89.4. The van der Waals surface area contributed by atoms with E-state index in [9.17, 15) is 29.1 Å². The van der Waals surface area contributed by atoms with Crippen molar-refractivity contribution in [1.82, 2.24) is 35.4 Å². The number of esters is 1. The van der Waals surface area contributed by atoms with E-state index in [4.69, 9.17) is 19.2 Å². The van der Waals surface area contributed by atoms with Gasteiger partial charge in [-0.2, -0.15) is 0 Å². The lowest BCUT2D eigenvalue weighted by Gasteiger charge is -2.35. The van der Waals surface area contributed by atoms with E-state index in [1.807, 2.05) is 125 Å². The summed E-state index contributed by atoms with van der Waals surface area (Å²) in [6, 6.07) is 27.1. The molecule has 0 spiro atoms. The highest BCUT2D eigenvalue weighted by Gasteiger charge is 2.45. The third-order valence-electron chi connectivity index (χ3n) is 15.9. The van der Waals surface area contributed by atoms with Crippen LogP contribution in [0.5, 0.6) is 5.75 Å². The van der Waals surface area contributed by atoms with Crippen molar-refractivity contribution >= 4 is 84.1 Å².